The van der Waals surface area contributed by atoms with E-state index < -0.39 is 0 Å². The third-order valence-corrected chi connectivity index (χ3v) is 5.04. The maximum Gasteiger partial charge on any atom is 0.161 e. The first-order valence-electron chi connectivity index (χ1n) is 7.62. The molecule has 1 aliphatic heterocycles. The Morgan fingerprint density at radius 2 is 2.00 bits per heavy atom. The van der Waals surface area contributed by atoms with Gasteiger partial charge < -0.3 is 15.2 Å². The summed E-state index contributed by atoms with van der Waals surface area (Å²) in [5, 5.41) is 3.28. The summed E-state index contributed by atoms with van der Waals surface area (Å²) in [5.74, 6) is 1.69. The van der Waals surface area contributed by atoms with Crippen molar-refractivity contribution >= 4 is 11.3 Å². The van der Waals surface area contributed by atoms with Gasteiger partial charge in [0.2, 0.25) is 0 Å². The van der Waals surface area contributed by atoms with Crippen molar-refractivity contribution in [1.82, 2.24) is 4.98 Å². The highest BCUT2D eigenvalue weighted by molar-refractivity contribution is 7.09. The van der Waals surface area contributed by atoms with Gasteiger partial charge in [0.25, 0.3) is 0 Å². The third kappa shape index (κ3) is 3.25. The summed E-state index contributed by atoms with van der Waals surface area (Å²) >= 11 is 1.72. The van der Waals surface area contributed by atoms with Gasteiger partial charge in [-0.3, -0.25) is 0 Å². The number of aromatic nitrogens is 1. The minimum Gasteiger partial charge on any atom is -0.486 e. The van der Waals surface area contributed by atoms with Gasteiger partial charge in [-0.15, -0.1) is 11.3 Å². The van der Waals surface area contributed by atoms with Gasteiger partial charge in [0.05, 0.1) is 10.7 Å². The first kappa shape index (κ1) is 15.3. The molecule has 5 heteroatoms. The number of ether oxygens (including phenoxy) is 2. The smallest absolute Gasteiger partial charge is 0.161 e. The van der Waals surface area contributed by atoms with Gasteiger partial charge in [0, 0.05) is 17.2 Å². The first-order valence-corrected chi connectivity index (χ1v) is 8.50. The van der Waals surface area contributed by atoms with Crippen LogP contribution >= 0.6 is 11.3 Å². The number of rotatable bonds is 5. The molecule has 0 unspecified atom stereocenters. The fraction of sp³-hybridized carbons (Fsp3) is 0.471. The molecule has 1 aliphatic rings. The van der Waals surface area contributed by atoms with Crippen molar-refractivity contribution in [3.8, 4) is 11.5 Å². The Balaban J connectivity index is 1.78. The molecule has 0 aliphatic carbocycles. The van der Waals surface area contributed by atoms with Crippen LogP contribution in [0.3, 0.4) is 0 Å². The Labute approximate surface area is 135 Å². The van der Waals surface area contributed by atoms with Gasteiger partial charge in [0.15, 0.2) is 11.5 Å². The van der Waals surface area contributed by atoms with Crippen LogP contribution in [-0.4, -0.2) is 24.7 Å². The van der Waals surface area contributed by atoms with E-state index in [9.17, 15) is 0 Å². The van der Waals surface area contributed by atoms with Gasteiger partial charge in [-0.05, 0) is 30.7 Å². The molecular formula is C17H22N2O2S. The molecule has 1 aromatic heterocycles. The lowest BCUT2D eigenvalue weighted by Crippen LogP contribution is -2.21. The van der Waals surface area contributed by atoms with Crippen LogP contribution in [0.15, 0.2) is 23.6 Å². The predicted molar refractivity (Wildman–Crippen MR) is 89.0 cm³/mol. The minimum absolute atomic E-state index is 0.0126. The molecule has 4 nitrogen and oxygen atoms in total. The van der Waals surface area contributed by atoms with E-state index in [0.29, 0.717) is 19.8 Å². The normalized spacial score (nSPS) is 14.1. The molecule has 0 bridgehead atoms. The number of hydrogen-bond acceptors (Lipinski definition) is 5. The summed E-state index contributed by atoms with van der Waals surface area (Å²) in [7, 11) is 0. The van der Waals surface area contributed by atoms with Crippen LogP contribution in [0.5, 0.6) is 11.5 Å². The second-order valence-corrected chi connectivity index (χ2v) is 7.08. The zero-order valence-electron chi connectivity index (χ0n) is 13.1. The van der Waals surface area contributed by atoms with Crippen LogP contribution in [0, 0.1) is 0 Å². The number of benzene rings is 1. The second kappa shape index (κ2) is 6.26. The third-order valence-electron chi connectivity index (χ3n) is 3.78. The minimum atomic E-state index is -0.0126. The van der Waals surface area contributed by atoms with E-state index >= 15 is 0 Å². The van der Waals surface area contributed by atoms with Crippen molar-refractivity contribution in [2.24, 2.45) is 5.73 Å². The largest absolute Gasteiger partial charge is 0.486 e. The zero-order chi connectivity index (χ0) is 15.6. The topological polar surface area (TPSA) is 57.4 Å². The van der Waals surface area contributed by atoms with E-state index in [1.807, 2.05) is 6.07 Å². The standard InChI is InChI=1S/C17H22N2O2S/c1-17(2,16-19-13(5-6-18)11-22-16)10-12-3-4-14-15(9-12)21-8-7-20-14/h3-4,9,11H,5-8,10,18H2,1-2H3. The Morgan fingerprint density at radius 1 is 1.23 bits per heavy atom. The number of fused-ring (bicyclic) bond motifs is 1. The first-order chi connectivity index (χ1) is 10.6. The summed E-state index contributed by atoms with van der Waals surface area (Å²) in [5.41, 5.74) is 7.93. The molecule has 1 aromatic carbocycles. The lowest BCUT2D eigenvalue weighted by Gasteiger charge is -2.24. The molecule has 2 heterocycles. The van der Waals surface area contributed by atoms with Crippen LogP contribution in [-0.2, 0) is 18.3 Å². The number of thiazole rings is 1. The molecule has 0 saturated heterocycles. The number of hydrogen-bond donors (Lipinski definition) is 1. The van der Waals surface area contributed by atoms with E-state index in [2.05, 4.69) is 31.4 Å². The van der Waals surface area contributed by atoms with Crippen molar-refractivity contribution in [2.45, 2.75) is 32.1 Å². The van der Waals surface area contributed by atoms with Gasteiger partial charge in [0.1, 0.15) is 13.2 Å². The van der Waals surface area contributed by atoms with E-state index in [0.717, 1.165) is 35.0 Å². The molecule has 0 fully saturated rings. The van der Waals surface area contributed by atoms with Crippen molar-refractivity contribution < 1.29 is 9.47 Å². The maximum atomic E-state index is 5.67. The lowest BCUT2D eigenvalue weighted by atomic mass is 9.86. The molecular weight excluding hydrogens is 296 g/mol. The molecule has 22 heavy (non-hydrogen) atoms. The molecule has 3 rings (SSSR count). The van der Waals surface area contributed by atoms with Crippen LogP contribution in [0.2, 0.25) is 0 Å². The molecule has 0 atom stereocenters. The second-order valence-electron chi connectivity index (χ2n) is 6.22. The monoisotopic (exact) mass is 318 g/mol. The predicted octanol–water partition coefficient (Wildman–Crippen LogP) is 2.94. The zero-order valence-corrected chi connectivity index (χ0v) is 13.9. The molecule has 0 spiro atoms. The van der Waals surface area contributed by atoms with E-state index in [-0.39, 0.29) is 5.41 Å². The Kier molecular flexibility index (Phi) is 4.36. The Morgan fingerprint density at radius 3 is 2.77 bits per heavy atom. The summed E-state index contributed by atoms with van der Waals surface area (Å²) < 4.78 is 11.2. The quantitative estimate of drug-likeness (QED) is 0.921. The average Bonchev–Trinajstić information content (AvgIpc) is 2.97. The molecule has 2 aromatic rings. The van der Waals surface area contributed by atoms with Gasteiger partial charge >= 0.3 is 0 Å². The maximum absolute atomic E-state index is 5.67. The van der Waals surface area contributed by atoms with Crippen molar-refractivity contribution in [3.63, 3.8) is 0 Å². The van der Waals surface area contributed by atoms with Crippen LogP contribution in [0.25, 0.3) is 0 Å². The Bertz CT molecular complexity index is 652. The van der Waals surface area contributed by atoms with E-state index in [1.54, 1.807) is 11.3 Å². The van der Waals surface area contributed by atoms with Crippen molar-refractivity contribution in [2.75, 3.05) is 19.8 Å². The molecule has 118 valence electrons. The summed E-state index contributed by atoms with van der Waals surface area (Å²) in [4.78, 5) is 4.74. The van der Waals surface area contributed by atoms with Crippen molar-refractivity contribution in [1.29, 1.82) is 0 Å². The number of nitrogens with two attached hydrogens (primary N) is 1. The molecule has 0 saturated carbocycles. The molecule has 2 N–H and O–H groups in total. The number of nitrogens with zero attached hydrogens (tertiary/aromatic N) is 1. The van der Waals surface area contributed by atoms with Gasteiger partial charge in [-0.1, -0.05) is 19.9 Å². The van der Waals surface area contributed by atoms with E-state index in [1.165, 1.54) is 5.56 Å². The Hall–Kier alpha value is -1.59. The van der Waals surface area contributed by atoms with Gasteiger partial charge in [-0.25, -0.2) is 4.98 Å². The fourth-order valence-electron chi connectivity index (χ4n) is 2.66. The average molecular weight is 318 g/mol. The van der Waals surface area contributed by atoms with Crippen LogP contribution in [0.4, 0.5) is 0 Å². The molecule has 0 radical (unpaired) electrons. The van der Waals surface area contributed by atoms with Crippen molar-refractivity contribution in [3.05, 3.63) is 39.8 Å². The summed E-state index contributed by atoms with van der Waals surface area (Å²) in [6, 6.07) is 6.20. The lowest BCUT2D eigenvalue weighted by molar-refractivity contribution is 0.171. The highest BCUT2D eigenvalue weighted by atomic mass is 32.1. The van der Waals surface area contributed by atoms with Crippen LogP contribution < -0.4 is 15.2 Å². The molecule has 0 amide bonds. The summed E-state index contributed by atoms with van der Waals surface area (Å²) in [6.45, 7) is 6.35. The fourth-order valence-corrected chi connectivity index (χ4v) is 3.64. The SMILES string of the molecule is CC(C)(Cc1ccc2c(c1)OCCO2)c1nc(CCN)cs1. The van der Waals surface area contributed by atoms with Gasteiger partial charge in [-0.2, -0.15) is 0 Å². The van der Waals surface area contributed by atoms with Crippen LogP contribution in [0.1, 0.15) is 30.1 Å². The highest BCUT2D eigenvalue weighted by Gasteiger charge is 2.25. The van der Waals surface area contributed by atoms with E-state index in [4.69, 9.17) is 20.2 Å². The summed E-state index contributed by atoms with van der Waals surface area (Å²) in [6.07, 6.45) is 1.76. The highest BCUT2D eigenvalue weighted by Crippen LogP contribution is 2.35.